The van der Waals surface area contributed by atoms with Crippen LogP contribution in [0.25, 0.3) is 0 Å². The van der Waals surface area contributed by atoms with Crippen molar-refractivity contribution in [3.63, 3.8) is 0 Å². The molecule has 2 N–H and O–H groups in total. The molecule has 0 radical (unpaired) electrons. The van der Waals surface area contributed by atoms with E-state index < -0.39 is 35.2 Å². The zero-order valence-electron chi connectivity index (χ0n) is 15.7. The van der Waals surface area contributed by atoms with Crippen molar-refractivity contribution >= 4 is 29.8 Å². The van der Waals surface area contributed by atoms with E-state index in [2.05, 4.69) is 5.32 Å². The van der Waals surface area contributed by atoms with Crippen LogP contribution in [0.4, 0.5) is 4.79 Å². The van der Waals surface area contributed by atoms with Crippen LogP contribution in [0, 0.1) is 0 Å². The molecule has 0 aliphatic carbocycles. The van der Waals surface area contributed by atoms with E-state index in [4.69, 9.17) is 9.47 Å². The molecule has 0 aromatic rings. The maximum Gasteiger partial charge on any atom is 0.411 e. The second-order valence-electron chi connectivity index (χ2n) is 7.67. The van der Waals surface area contributed by atoms with Crippen molar-refractivity contribution in [2.45, 2.75) is 69.0 Å². The normalized spacial score (nSPS) is 29.3. The number of methoxy groups -OCH3 is 1. The fourth-order valence-electron chi connectivity index (χ4n) is 3.46. The molecule has 2 unspecified atom stereocenters. The van der Waals surface area contributed by atoms with Gasteiger partial charge in [-0.2, -0.15) is 0 Å². The van der Waals surface area contributed by atoms with Crippen molar-refractivity contribution in [1.82, 2.24) is 10.2 Å². The highest BCUT2D eigenvalue weighted by molar-refractivity contribution is 7.99. The Bertz CT molecular complexity index is 564. The monoisotopic (exact) mass is 388 g/mol. The molecule has 2 rings (SSSR count). The van der Waals surface area contributed by atoms with Crippen LogP contribution in [-0.2, 0) is 19.1 Å². The first-order valence-corrected chi connectivity index (χ1v) is 9.83. The number of amides is 1. The van der Waals surface area contributed by atoms with E-state index in [1.165, 1.54) is 12.0 Å². The molecule has 0 bridgehead atoms. The summed E-state index contributed by atoms with van der Waals surface area (Å²) in [5.74, 6) is -0.711. The molecular weight excluding hydrogens is 360 g/mol. The zero-order valence-corrected chi connectivity index (χ0v) is 16.6. The van der Waals surface area contributed by atoms with Crippen molar-refractivity contribution in [2.24, 2.45) is 0 Å². The number of hydrogen-bond acceptors (Lipinski definition) is 7. The number of carbonyl (C=O) groups is 3. The summed E-state index contributed by atoms with van der Waals surface area (Å²) in [6.45, 7) is 5.73. The number of likely N-dealkylation sites (tertiary alicyclic amines) is 1. The van der Waals surface area contributed by atoms with Crippen molar-refractivity contribution < 1.29 is 29.0 Å². The van der Waals surface area contributed by atoms with Gasteiger partial charge in [0.2, 0.25) is 0 Å². The van der Waals surface area contributed by atoms with Crippen LogP contribution in [0.15, 0.2) is 0 Å². The Balaban J connectivity index is 2.22. The second kappa shape index (κ2) is 8.04. The molecule has 2 aliphatic heterocycles. The number of carboxylic acids is 1. The molecular formula is C17H28N2O6S. The Hall–Kier alpha value is -1.48. The van der Waals surface area contributed by atoms with Gasteiger partial charge in [-0.1, -0.05) is 0 Å². The lowest BCUT2D eigenvalue weighted by molar-refractivity contribution is -0.153. The molecule has 148 valence electrons. The van der Waals surface area contributed by atoms with Crippen LogP contribution in [0.1, 0.15) is 46.5 Å². The third-order valence-corrected chi connectivity index (χ3v) is 5.78. The van der Waals surface area contributed by atoms with Crippen molar-refractivity contribution in [2.75, 3.05) is 19.4 Å². The fourth-order valence-corrected chi connectivity index (χ4v) is 4.77. The van der Waals surface area contributed by atoms with E-state index >= 15 is 0 Å². The lowest BCUT2D eigenvalue weighted by Crippen LogP contribution is -2.58. The highest BCUT2D eigenvalue weighted by Crippen LogP contribution is 2.39. The number of carboxylic acid groups (broad SMARTS) is 1. The van der Waals surface area contributed by atoms with Gasteiger partial charge in [0, 0.05) is 13.0 Å². The molecule has 0 aromatic heterocycles. The maximum atomic E-state index is 12.7. The standard InChI is InChI=1S/C17H28N2O6S/c1-16(2,3)25-15(23)19-8-5-7-17(19,14(22)24-4)10-12-18-11(13(20)21)6-9-26-12/h11-12,18H,5-10H2,1-4H3,(H,20,21)/t11?,12?,17-/m1/s1. The average Bonchev–Trinajstić information content (AvgIpc) is 2.97. The first-order valence-electron chi connectivity index (χ1n) is 8.78. The van der Waals surface area contributed by atoms with Gasteiger partial charge in [-0.05, 0) is 45.8 Å². The Morgan fingerprint density at radius 3 is 2.62 bits per heavy atom. The van der Waals surface area contributed by atoms with Crippen LogP contribution in [-0.4, -0.2) is 70.0 Å². The van der Waals surface area contributed by atoms with Crippen molar-refractivity contribution in [3.05, 3.63) is 0 Å². The molecule has 0 saturated carbocycles. The summed E-state index contributed by atoms with van der Waals surface area (Å²) < 4.78 is 10.5. The SMILES string of the molecule is COC(=O)[C@]1(CC2NC(C(=O)O)CCS2)CCCN1C(=O)OC(C)(C)C. The molecule has 3 atom stereocenters. The number of carbonyl (C=O) groups excluding carboxylic acids is 2. The molecule has 0 aromatic carbocycles. The molecule has 2 fully saturated rings. The molecule has 0 spiro atoms. The summed E-state index contributed by atoms with van der Waals surface area (Å²) in [7, 11) is 1.30. The van der Waals surface area contributed by atoms with Gasteiger partial charge >= 0.3 is 18.0 Å². The van der Waals surface area contributed by atoms with Crippen LogP contribution < -0.4 is 5.32 Å². The highest BCUT2D eigenvalue weighted by Gasteiger charge is 2.53. The van der Waals surface area contributed by atoms with E-state index in [1.54, 1.807) is 32.5 Å². The van der Waals surface area contributed by atoms with E-state index in [-0.39, 0.29) is 11.8 Å². The van der Waals surface area contributed by atoms with Gasteiger partial charge in [0.1, 0.15) is 17.2 Å². The number of aliphatic carboxylic acids is 1. The minimum absolute atomic E-state index is 0.257. The van der Waals surface area contributed by atoms with E-state index in [0.717, 1.165) is 0 Å². The van der Waals surface area contributed by atoms with E-state index in [0.29, 0.717) is 31.6 Å². The topological polar surface area (TPSA) is 105 Å². The maximum absolute atomic E-state index is 12.7. The van der Waals surface area contributed by atoms with E-state index in [9.17, 15) is 19.5 Å². The van der Waals surface area contributed by atoms with Crippen LogP contribution in [0.5, 0.6) is 0 Å². The third kappa shape index (κ3) is 4.62. The molecule has 2 saturated heterocycles. The number of nitrogens with zero attached hydrogens (tertiary/aromatic N) is 1. The number of nitrogens with one attached hydrogen (secondary N) is 1. The highest BCUT2D eigenvalue weighted by atomic mass is 32.2. The Morgan fingerprint density at radius 1 is 1.35 bits per heavy atom. The fraction of sp³-hybridized carbons (Fsp3) is 0.824. The van der Waals surface area contributed by atoms with Crippen LogP contribution >= 0.6 is 11.8 Å². The van der Waals surface area contributed by atoms with Crippen molar-refractivity contribution in [1.29, 1.82) is 0 Å². The molecule has 8 nitrogen and oxygen atoms in total. The molecule has 2 aliphatic rings. The van der Waals surface area contributed by atoms with Gasteiger partial charge < -0.3 is 14.6 Å². The minimum Gasteiger partial charge on any atom is -0.480 e. The predicted octanol–water partition coefficient (Wildman–Crippen LogP) is 1.82. The number of esters is 1. The first-order chi connectivity index (χ1) is 12.1. The van der Waals surface area contributed by atoms with Gasteiger partial charge in [-0.25, -0.2) is 9.59 Å². The second-order valence-corrected chi connectivity index (χ2v) is 8.98. The minimum atomic E-state index is -1.14. The first kappa shape index (κ1) is 20.8. The summed E-state index contributed by atoms with van der Waals surface area (Å²) in [5, 5.41) is 12.1. The van der Waals surface area contributed by atoms with Crippen molar-refractivity contribution in [3.8, 4) is 0 Å². The number of rotatable bonds is 4. The van der Waals surface area contributed by atoms with Gasteiger partial charge in [-0.3, -0.25) is 15.0 Å². The van der Waals surface area contributed by atoms with Crippen LogP contribution in [0.2, 0.25) is 0 Å². The number of hydrogen-bond donors (Lipinski definition) is 2. The lowest BCUT2D eigenvalue weighted by Gasteiger charge is -2.40. The Morgan fingerprint density at radius 2 is 2.04 bits per heavy atom. The van der Waals surface area contributed by atoms with Crippen LogP contribution in [0.3, 0.4) is 0 Å². The Labute approximate surface area is 158 Å². The smallest absolute Gasteiger partial charge is 0.411 e. The summed E-state index contributed by atoms with van der Waals surface area (Å²) >= 11 is 1.56. The molecule has 2 heterocycles. The van der Waals surface area contributed by atoms with Gasteiger partial charge in [0.05, 0.1) is 12.5 Å². The summed E-state index contributed by atoms with van der Waals surface area (Å²) in [5.41, 5.74) is -1.81. The molecule has 9 heteroatoms. The number of ether oxygens (including phenoxy) is 2. The summed E-state index contributed by atoms with van der Waals surface area (Å²) in [4.78, 5) is 38.1. The largest absolute Gasteiger partial charge is 0.480 e. The summed E-state index contributed by atoms with van der Waals surface area (Å²) in [6, 6.07) is -0.646. The predicted molar refractivity (Wildman–Crippen MR) is 97.0 cm³/mol. The molecule has 26 heavy (non-hydrogen) atoms. The summed E-state index contributed by atoms with van der Waals surface area (Å²) in [6.07, 6.45) is 1.39. The van der Waals surface area contributed by atoms with Gasteiger partial charge in [0.25, 0.3) is 0 Å². The number of thioether (sulfide) groups is 1. The lowest BCUT2D eigenvalue weighted by atomic mass is 9.91. The van der Waals surface area contributed by atoms with Gasteiger partial charge in [0.15, 0.2) is 0 Å². The molecule has 1 amide bonds. The zero-order chi connectivity index (χ0) is 19.5. The quantitative estimate of drug-likeness (QED) is 0.703. The van der Waals surface area contributed by atoms with Gasteiger partial charge in [-0.15, -0.1) is 11.8 Å². The van der Waals surface area contributed by atoms with E-state index in [1.807, 2.05) is 0 Å². The average molecular weight is 388 g/mol. The third-order valence-electron chi connectivity index (χ3n) is 4.60. The Kier molecular flexibility index (Phi) is 6.44.